The van der Waals surface area contributed by atoms with Gasteiger partial charge in [0.25, 0.3) is 0 Å². The fourth-order valence-electron chi connectivity index (χ4n) is 3.07. The van der Waals surface area contributed by atoms with Crippen LogP contribution in [0.25, 0.3) is 0 Å². The zero-order valence-corrected chi connectivity index (χ0v) is 18.6. The quantitative estimate of drug-likeness (QED) is 0.417. The van der Waals surface area contributed by atoms with Crippen molar-refractivity contribution >= 4 is 65.7 Å². The number of fused-ring (bicyclic) bond motifs is 1. The zero-order chi connectivity index (χ0) is 17.5. The average Bonchev–Trinajstić information content (AvgIpc) is 3.03. The van der Waals surface area contributed by atoms with Gasteiger partial charge < -0.3 is 0 Å². The molecular weight excluding hydrogens is 468 g/mol. The van der Waals surface area contributed by atoms with Crippen molar-refractivity contribution in [2.24, 2.45) is 16.3 Å². The van der Waals surface area contributed by atoms with Crippen molar-refractivity contribution in [2.45, 2.75) is 40.0 Å². The number of thiophene rings is 2. The molecule has 0 bridgehead atoms. The highest BCUT2D eigenvalue weighted by Crippen LogP contribution is 2.45. The van der Waals surface area contributed by atoms with Gasteiger partial charge in [0.15, 0.2) is 0 Å². The molecule has 0 aromatic carbocycles. The summed E-state index contributed by atoms with van der Waals surface area (Å²) in [6, 6.07) is 4.43. The maximum atomic E-state index is 9.60. The van der Waals surface area contributed by atoms with Crippen LogP contribution in [0, 0.1) is 22.7 Å². The predicted octanol–water partition coefficient (Wildman–Crippen LogP) is 7.11. The lowest BCUT2D eigenvalue weighted by molar-refractivity contribution is 0.218. The first-order valence-corrected chi connectivity index (χ1v) is 11.0. The third-order valence-corrected chi connectivity index (χ3v) is 8.91. The Morgan fingerprint density at radius 3 is 2.67 bits per heavy atom. The Morgan fingerprint density at radius 1 is 1.33 bits per heavy atom. The number of halogens is 2. The lowest BCUT2D eigenvalue weighted by Gasteiger charge is -2.33. The number of nitriles is 1. The van der Waals surface area contributed by atoms with Crippen LogP contribution in [-0.4, -0.2) is 6.21 Å². The molecule has 6 heteroatoms. The van der Waals surface area contributed by atoms with Gasteiger partial charge in [0.05, 0.1) is 9.35 Å². The van der Waals surface area contributed by atoms with E-state index in [-0.39, 0.29) is 0 Å². The zero-order valence-electron chi connectivity index (χ0n) is 13.8. The van der Waals surface area contributed by atoms with E-state index in [4.69, 9.17) is 0 Å². The summed E-state index contributed by atoms with van der Waals surface area (Å²) in [5, 5.41) is 10.5. The summed E-state index contributed by atoms with van der Waals surface area (Å²) >= 11 is 10.3. The van der Waals surface area contributed by atoms with Gasteiger partial charge in [-0.15, -0.1) is 22.7 Å². The number of aliphatic imine (C=N–C) groups is 1. The second kappa shape index (κ2) is 7.03. The van der Waals surface area contributed by atoms with Gasteiger partial charge in [0.1, 0.15) is 11.1 Å². The van der Waals surface area contributed by atoms with Crippen molar-refractivity contribution in [3.05, 3.63) is 35.2 Å². The Bertz CT molecular complexity index is 815. The molecule has 1 unspecified atom stereocenters. The van der Waals surface area contributed by atoms with Gasteiger partial charge in [-0.1, -0.05) is 20.8 Å². The van der Waals surface area contributed by atoms with Gasteiger partial charge >= 0.3 is 0 Å². The highest BCUT2D eigenvalue weighted by molar-refractivity contribution is 9.13. The molecule has 1 atom stereocenters. The summed E-state index contributed by atoms with van der Waals surface area (Å²) in [6.07, 6.45) is 5.10. The van der Waals surface area contributed by atoms with Crippen LogP contribution < -0.4 is 0 Å². The van der Waals surface area contributed by atoms with E-state index in [1.54, 1.807) is 22.7 Å². The normalized spacial score (nSPS) is 17.9. The van der Waals surface area contributed by atoms with Crippen molar-refractivity contribution in [1.82, 2.24) is 0 Å². The molecule has 2 aromatic rings. The van der Waals surface area contributed by atoms with Crippen LogP contribution in [0.1, 0.15) is 48.1 Å². The van der Waals surface area contributed by atoms with Crippen molar-refractivity contribution in [3.8, 4) is 6.07 Å². The smallest absolute Gasteiger partial charge is 0.134 e. The average molecular weight is 486 g/mol. The summed E-state index contributed by atoms with van der Waals surface area (Å²) < 4.78 is 2.09. The lowest BCUT2D eigenvalue weighted by atomic mass is 9.72. The number of hydrogen-bond acceptors (Lipinski definition) is 4. The van der Waals surface area contributed by atoms with Gasteiger partial charge in [-0.05, 0) is 74.1 Å². The summed E-state index contributed by atoms with van der Waals surface area (Å²) in [4.78, 5) is 7.06. The predicted molar refractivity (Wildman–Crippen MR) is 111 cm³/mol. The first kappa shape index (κ1) is 18.3. The fraction of sp³-hybridized carbons (Fsp3) is 0.444. The molecule has 0 saturated carbocycles. The van der Waals surface area contributed by atoms with Crippen molar-refractivity contribution < 1.29 is 0 Å². The summed E-state index contributed by atoms with van der Waals surface area (Å²) in [5.74, 6) is 0.677. The van der Waals surface area contributed by atoms with Crippen LogP contribution in [-0.2, 0) is 12.8 Å². The standard InChI is InChI=1S/C18H18Br2N2S2/c1-18(2,3)10-4-5-12-13(8-21)17(24-15(12)6-10)22-9-11-7-14(19)16(20)23-11/h7,9-10H,4-6H2,1-3H3. The highest BCUT2D eigenvalue weighted by Gasteiger charge is 2.32. The summed E-state index contributed by atoms with van der Waals surface area (Å²) in [5.41, 5.74) is 2.34. The highest BCUT2D eigenvalue weighted by atomic mass is 79.9. The van der Waals surface area contributed by atoms with E-state index >= 15 is 0 Å². The van der Waals surface area contributed by atoms with Crippen LogP contribution in [0.3, 0.4) is 0 Å². The molecule has 0 saturated heterocycles. The Morgan fingerprint density at radius 2 is 2.08 bits per heavy atom. The van der Waals surface area contributed by atoms with Crippen LogP contribution in [0.15, 0.2) is 19.3 Å². The van der Waals surface area contributed by atoms with Crippen molar-refractivity contribution in [1.29, 1.82) is 5.26 Å². The molecule has 0 aliphatic heterocycles. The first-order chi connectivity index (χ1) is 11.3. The van der Waals surface area contributed by atoms with E-state index in [1.165, 1.54) is 10.4 Å². The van der Waals surface area contributed by atoms with E-state index in [1.807, 2.05) is 12.3 Å². The molecule has 1 aliphatic rings. The summed E-state index contributed by atoms with van der Waals surface area (Å²) in [6.45, 7) is 6.94. The third-order valence-electron chi connectivity index (χ3n) is 4.56. The van der Waals surface area contributed by atoms with Crippen LogP contribution in [0.2, 0.25) is 0 Å². The molecule has 0 spiro atoms. The molecule has 0 amide bonds. The molecule has 2 nitrogen and oxygen atoms in total. The van der Waals surface area contributed by atoms with Crippen LogP contribution in [0.5, 0.6) is 0 Å². The molecule has 126 valence electrons. The van der Waals surface area contributed by atoms with E-state index in [0.29, 0.717) is 11.3 Å². The Labute approximate surface area is 167 Å². The van der Waals surface area contributed by atoms with Gasteiger partial charge in [0.2, 0.25) is 0 Å². The monoisotopic (exact) mass is 484 g/mol. The molecule has 3 rings (SSSR count). The molecule has 2 aromatic heterocycles. The van der Waals surface area contributed by atoms with Gasteiger partial charge in [-0.25, -0.2) is 4.99 Å². The van der Waals surface area contributed by atoms with Crippen LogP contribution >= 0.6 is 54.5 Å². The Hall–Kier alpha value is -0.480. The molecule has 24 heavy (non-hydrogen) atoms. The van der Waals surface area contributed by atoms with Gasteiger partial charge in [0, 0.05) is 20.4 Å². The van der Waals surface area contributed by atoms with E-state index < -0.39 is 0 Å². The SMILES string of the molecule is CC(C)(C)C1CCc2c(sc(N=Cc3cc(Br)c(Br)s3)c2C#N)C1. The van der Waals surface area contributed by atoms with Gasteiger partial charge in [-0.2, -0.15) is 5.26 Å². The maximum Gasteiger partial charge on any atom is 0.134 e. The largest absolute Gasteiger partial charge is 0.243 e. The number of rotatable bonds is 2. The second-order valence-electron chi connectivity index (χ2n) is 7.13. The molecule has 2 heterocycles. The topological polar surface area (TPSA) is 36.1 Å². The first-order valence-electron chi connectivity index (χ1n) is 7.83. The molecule has 0 fully saturated rings. The number of hydrogen-bond donors (Lipinski definition) is 0. The minimum Gasteiger partial charge on any atom is -0.243 e. The van der Waals surface area contributed by atoms with E-state index in [9.17, 15) is 5.26 Å². The van der Waals surface area contributed by atoms with Crippen molar-refractivity contribution in [2.75, 3.05) is 0 Å². The van der Waals surface area contributed by atoms with Gasteiger partial charge in [-0.3, -0.25) is 0 Å². The van der Waals surface area contributed by atoms with E-state index in [2.05, 4.69) is 63.7 Å². The number of nitrogens with zero attached hydrogens (tertiary/aromatic N) is 2. The molecular formula is C18H18Br2N2S2. The second-order valence-corrected chi connectivity index (χ2v) is 11.5. The fourth-order valence-corrected chi connectivity index (χ4v) is 6.25. The van der Waals surface area contributed by atoms with Crippen LogP contribution in [0.4, 0.5) is 5.00 Å². The summed E-state index contributed by atoms with van der Waals surface area (Å²) in [7, 11) is 0. The third kappa shape index (κ3) is 3.70. The molecule has 1 aliphatic carbocycles. The van der Waals surface area contributed by atoms with E-state index in [0.717, 1.165) is 43.0 Å². The maximum absolute atomic E-state index is 9.60. The lowest BCUT2D eigenvalue weighted by Crippen LogP contribution is -2.26. The Kier molecular flexibility index (Phi) is 5.36. The Balaban J connectivity index is 1.91. The molecule has 0 N–H and O–H groups in total. The minimum absolute atomic E-state index is 0.313. The minimum atomic E-state index is 0.313. The van der Waals surface area contributed by atoms with Crippen molar-refractivity contribution in [3.63, 3.8) is 0 Å². The molecule has 0 radical (unpaired) electrons.